The first-order valence-corrected chi connectivity index (χ1v) is 7.37. The van der Waals surface area contributed by atoms with Crippen LogP contribution in [0.25, 0.3) is 11.4 Å². The maximum Gasteiger partial charge on any atom is 0.321 e. The Morgan fingerprint density at radius 1 is 1.23 bits per heavy atom. The second-order valence-electron chi connectivity index (χ2n) is 5.03. The lowest BCUT2D eigenvalue weighted by Gasteiger charge is -2.26. The first kappa shape index (κ1) is 14.8. The van der Waals surface area contributed by atoms with E-state index >= 15 is 0 Å². The molecular weight excluding hydrogens is 284 g/mol. The number of hydrogen-bond donors (Lipinski definition) is 1. The van der Waals surface area contributed by atoms with E-state index in [9.17, 15) is 0 Å². The van der Waals surface area contributed by atoms with E-state index in [1.165, 1.54) is 0 Å². The highest BCUT2D eigenvalue weighted by Gasteiger charge is 2.11. The third-order valence-electron chi connectivity index (χ3n) is 3.58. The first-order valence-electron chi connectivity index (χ1n) is 7.37. The molecule has 3 rings (SSSR count). The highest BCUT2D eigenvalue weighted by Crippen LogP contribution is 2.20. The topological polar surface area (TPSA) is 72.7 Å². The number of benzene rings is 1. The number of nitrogens with one attached hydrogen (secondary N) is 1. The van der Waals surface area contributed by atoms with Crippen molar-refractivity contribution < 1.29 is 14.0 Å². The van der Waals surface area contributed by atoms with Gasteiger partial charge in [0.15, 0.2) is 0 Å². The molecule has 0 bridgehead atoms. The summed E-state index contributed by atoms with van der Waals surface area (Å²) in [4.78, 5) is 6.69. The predicted octanol–water partition coefficient (Wildman–Crippen LogP) is 1.49. The molecule has 7 nitrogen and oxygen atoms in total. The number of aromatic nitrogens is 2. The fraction of sp³-hybridized carbons (Fsp3) is 0.467. The molecule has 1 aliphatic heterocycles. The lowest BCUT2D eigenvalue weighted by Crippen LogP contribution is -2.39. The molecule has 2 aromatic rings. The summed E-state index contributed by atoms with van der Waals surface area (Å²) in [5.41, 5.74) is 0.894. The standard InChI is InChI=1S/C15H20N4O3/c1-20-13-4-2-12(3-5-13)14-17-15(22-18-14)16-6-7-19-8-10-21-11-9-19/h2-5H,6-11H2,1H3,(H,16,17,18). The molecule has 118 valence electrons. The van der Waals surface area contributed by atoms with Crippen LogP contribution in [0, 0.1) is 0 Å². The minimum atomic E-state index is 0.444. The summed E-state index contributed by atoms with van der Waals surface area (Å²) in [6.07, 6.45) is 0. The van der Waals surface area contributed by atoms with Crippen molar-refractivity contribution >= 4 is 6.01 Å². The number of anilines is 1. The Hall–Kier alpha value is -2.12. The van der Waals surface area contributed by atoms with Crippen molar-refractivity contribution in [3.63, 3.8) is 0 Å². The zero-order valence-corrected chi connectivity index (χ0v) is 12.6. The van der Waals surface area contributed by atoms with Gasteiger partial charge in [0, 0.05) is 31.7 Å². The second-order valence-corrected chi connectivity index (χ2v) is 5.03. The van der Waals surface area contributed by atoms with Crippen LogP contribution >= 0.6 is 0 Å². The minimum Gasteiger partial charge on any atom is -0.497 e. The molecule has 1 N–H and O–H groups in total. The van der Waals surface area contributed by atoms with Crippen LogP contribution in [-0.4, -0.2) is 61.5 Å². The number of methoxy groups -OCH3 is 1. The molecule has 22 heavy (non-hydrogen) atoms. The van der Waals surface area contributed by atoms with Gasteiger partial charge in [0.2, 0.25) is 5.82 Å². The van der Waals surface area contributed by atoms with Crippen LogP contribution in [0.3, 0.4) is 0 Å². The van der Waals surface area contributed by atoms with Gasteiger partial charge in [-0.3, -0.25) is 4.90 Å². The van der Waals surface area contributed by atoms with E-state index in [1.54, 1.807) is 7.11 Å². The molecule has 2 heterocycles. The third kappa shape index (κ3) is 3.75. The summed E-state index contributed by atoms with van der Waals surface area (Å²) in [6, 6.07) is 8.00. The van der Waals surface area contributed by atoms with Gasteiger partial charge in [-0.25, -0.2) is 0 Å². The van der Waals surface area contributed by atoms with Crippen molar-refractivity contribution in [2.24, 2.45) is 0 Å². The van der Waals surface area contributed by atoms with Crippen molar-refractivity contribution in [3.8, 4) is 17.1 Å². The molecule has 7 heteroatoms. The van der Waals surface area contributed by atoms with Gasteiger partial charge in [0.05, 0.1) is 20.3 Å². The average Bonchev–Trinajstić information content (AvgIpc) is 3.05. The SMILES string of the molecule is COc1ccc(-c2noc(NCCN3CCOCC3)n2)cc1. The molecule has 1 aromatic carbocycles. The molecule has 1 aromatic heterocycles. The molecule has 1 fully saturated rings. The smallest absolute Gasteiger partial charge is 0.321 e. The molecule has 0 atom stereocenters. The predicted molar refractivity (Wildman–Crippen MR) is 82.0 cm³/mol. The molecule has 1 aliphatic rings. The van der Waals surface area contributed by atoms with Crippen LogP contribution in [0.1, 0.15) is 0 Å². The van der Waals surface area contributed by atoms with Crippen molar-refractivity contribution in [3.05, 3.63) is 24.3 Å². The highest BCUT2D eigenvalue weighted by molar-refractivity contribution is 5.56. The summed E-state index contributed by atoms with van der Waals surface area (Å²) in [6.45, 7) is 5.27. The third-order valence-corrected chi connectivity index (χ3v) is 3.58. The fourth-order valence-electron chi connectivity index (χ4n) is 2.30. The Balaban J connectivity index is 1.51. The number of rotatable bonds is 6. The van der Waals surface area contributed by atoms with Gasteiger partial charge in [-0.15, -0.1) is 0 Å². The Bertz CT molecular complexity index is 579. The number of nitrogens with zero attached hydrogens (tertiary/aromatic N) is 3. The van der Waals surface area contributed by atoms with Crippen molar-refractivity contribution in [1.82, 2.24) is 15.0 Å². The van der Waals surface area contributed by atoms with E-state index in [2.05, 4.69) is 20.4 Å². The molecule has 0 radical (unpaired) electrons. The Morgan fingerprint density at radius 3 is 2.73 bits per heavy atom. The molecule has 0 aliphatic carbocycles. The van der Waals surface area contributed by atoms with Gasteiger partial charge in [-0.1, -0.05) is 5.16 Å². The van der Waals surface area contributed by atoms with E-state index < -0.39 is 0 Å². The molecule has 1 saturated heterocycles. The molecular formula is C15H20N4O3. The van der Waals surface area contributed by atoms with E-state index in [0.717, 1.165) is 50.7 Å². The zero-order valence-electron chi connectivity index (χ0n) is 12.6. The summed E-state index contributed by atoms with van der Waals surface area (Å²) in [5.74, 6) is 1.37. The van der Waals surface area contributed by atoms with Crippen LogP contribution < -0.4 is 10.1 Å². The highest BCUT2D eigenvalue weighted by atomic mass is 16.5. The average molecular weight is 304 g/mol. The van der Waals surface area contributed by atoms with E-state index in [-0.39, 0.29) is 0 Å². The zero-order chi connectivity index (χ0) is 15.2. The van der Waals surface area contributed by atoms with Crippen LogP contribution in [0.5, 0.6) is 5.75 Å². The summed E-state index contributed by atoms with van der Waals surface area (Å²) < 4.78 is 15.7. The van der Waals surface area contributed by atoms with Crippen molar-refractivity contribution in [2.45, 2.75) is 0 Å². The van der Waals surface area contributed by atoms with E-state index in [4.69, 9.17) is 14.0 Å². The van der Waals surface area contributed by atoms with E-state index in [0.29, 0.717) is 11.8 Å². The van der Waals surface area contributed by atoms with E-state index in [1.807, 2.05) is 24.3 Å². The van der Waals surface area contributed by atoms with Crippen LogP contribution in [0.4, 0.5) is 6.01 Å². The first-order chi connectivity index (χ1) is 10.8. The lowest BCUT2D eigenvalue weighted by molar-refractivity contribution is 0.0398. The van der Waals surface area contributed by atoms with Crippen LogP contribution in [0.2, 0.25) is 0 Å². The number of morpholine rings is 1. The summed E-state index contributed by atoms with van der Waals surface area (Å²) >= 11 is 0. The van der Waals surface area contributed by atoms with Gasteiger partial charge in [0.1, 0.15) is 5.75 Å². The Morgan fingerprint density at radius 2 is 2.00 bits per heavy atom. The lowest BCUT2D eigenvalue weighted by atomic mass is 10.2. The summed E-state index contributed by atoms with van der Waals surface area (Å²) in [5, 5.41) is 7.14. The van der Waals surface area contributed by atoms with Gasteiger partial charge in [-0.05, 0) is 24.3 Å². The quantitative estimate of drug-likeness (QED) is 0.866. The van der Waals surface area contributed by atoms with Crippen LogP contribution in [-0.2, 0) is 4.74 Å². The maximum atomic E-state index is 5.32. The van der Waals surface area contributed by atoms with Gasteiger partial charge < -0.3 is 19.3 Å². The normalized spacial score (nSPS) is 15.7. The molecule has 0 unspecified atom stereocenters. The largest absolute Gasteiger partial charge is 0.497 e. The monoisotopic (exact) mass is 304 g/mol. The number of hydrogen-bond acceptors (Lipinski definition) is 7. The molecule has 0 spiro atoms. The Kier molecular flexibility index (Phi) is 4.87. The van der Waals surface area contributed by atoms with Gasteiger partial charge in [-0.2, -0.15) is 4.98 Å². The summed E-state index contributed by atoms with van der Waals surface area (Å²) in [7, 11) is 1.64. The fourth-order valence-corrected chi connectivity index (χ4v) is 2.30. The van der Waals surface area contributed by atoms with Crippen LogP contribution in [0.15, 0.2) is 28.8 Å². The molecule has 0 amide bonds. The van der Waals surface area contributed by atoms with Gasteiger partial charge >= 0.3 is 6.01 Å². The molecule has 0 saturated carbocycles. The minimum absolute atomic E-state index is 0.444. The second kappa shape index (κ2) is 7.24. The van der Waals surface area contributed by atoms with Crippen molar-refractivity contribution in [2.75, 3.05) is 51.8 Å². The van der Waals surface area contributed by atoms with Gasteiger partial charge in [0.25, 0.3) is 0 Å². The number of ether oxygens (including phenoxy) is 2. The Labute approximate surface area is 129 Å². The van der Waals surface area contributed by atoms with Crippen molar-refractivity contribution in [1.29, 1.82) is 0 Å². The maximum absolute atomic E-state index is 5.32.